The number of carbonyl (C=O) groups excluding carboxylic acids is 9. The number of likely N-dealkylation sites (N-methyl/N-ethyl adjacent to an activating group) is 1. The molecule has 0 aromatic heterocycles. The number of piperidine rings is 1. The van der Waals surface area contributed by atoms with Gasteiger partial charge in [0.2, 0.25) is 35.4 Å². The van der Waals surface area contributed by atoms with Crippen molar-refractivity contribution in [3.05, 3.63) is 77.9 Å². The largest absolute Gasteiger partial charge is 0.394 e. The summed E-state index contributed by atoms with van der Waals surface area (Å²) in [7, 11) is 4.76. The number of nitrogens with one attached hydrogen (secondary N) is 3. The number of ether oxygens (including phenoxy) is 6. The Morgan fingerprint density at radius 2 is 1.38 bits per heavy atom. The zero-order valence-electron chi connectivity index (χ0n) is 55.5. The first-order valence-corrected chi connectivity index (χ1v) is 33.2. The van der Waals surface area contributed by atoms with Gasteiger partial charge in [-0.25, -0.2) is 0 Å². The van der Waals surface area contributed by atoms with E-state index in [1.807, 2.05) is 70.2 Å². The molecule has 0 radical (unpaired) electrons. The minimum Gasteiger partial charge on any atom is -0.394 e. The third-order valence-corrected chi connectivity index (χ3v) is 18.6. The van der Waals surface area contributed by atoms with Crippen LogP contribution in [0.1, 0.15) is 129 Å². The molecular formula is C69H103N7O16. The molecule has 2 aromatic carbocycles. The van der Waals surface area contributed by atoms with Gasteiger partial charge in [0, 0.05) is 89.5 Å². The summed E-state index contributed by atoms with van der Waals surface area (Å²) in [5.74, 6) is -4.32. The van der Waals surface area contributed by atoms with Gasteiger partial charge in [0.05, 0.1) is 96.6 Å². The number of benzene rings is 2. The molecule has 6 rings (SSSR count). The molecule has 8 amide bonds. The first-order valence-electron chi connectivity index (χ1n) is 33.2. The number of carbonyl (C=O) groups is 9. The molecule has 0 unspecified atom stereocenters. The van der Waals surface area contributed by atoms with Crippen molar-refractivity contribution in [2.45, 2.75) is 173 Å². The van der Waals surface area contributed by atoms with Crippen molar-refractivity contribution in [3.8, 4) is 0 Å². The first kappa shape index (κ1) is 74.6. The highest BCUT2D eigenvalue weighted by Crippen LogP contribution is 2.43. The van der Waals surface area contributed by atoms with Crippen LogP contribution in [0.15, 0.2) is 66.7 Å². The van der Waals surface area contributed by atoms with E-state index in [2.05, 4.69) is 16.0 Å². The normalized spacial score (nSPS) is 20.0. The lowest BCUT2D eigenvalue weighted by Gasteiger charge is -2.41. The zero-order valence-corrected chi connectivity index (χ0v) is 55.5. The molecule has 2 aromatic rings. The number of anilines is 1. The number of Topliss-reactive ketones (excluding diaryl/α,β-unsaturated/α-hetero) is 1. The summed E-state index contributed by atoms with van der Waals surface area (Å²) in [5.41, 5.74) is 2.23. The monoisotopic (exact) mass is 1290 g/mol. The molecule has 3 heterocycles. The fraction of sp³-hybridized carbons (Fsp3) is 0.667. The van der Waals surface area contributed by atoms with E-state index in [4.69, 9.17) is 33.5 Å². The third-order valence-electron chi connectivity index (χ3n) is 18.6. The molecule has 510 valence electrons. The van der Waals surface area contributed by atoms with Crippen LogP contribution in [0, 0.1) is 29.6 Å². The highest BCUT2D eigenvalue weighted by Gasteiger charge is 2.52. The van der Waals surface area contributed by atoms with Crippen molar-refractivity contribution in [2.75, 3.05) is 99.1 Å². The van der Waals surface area contributed by atoms with Crippen LogP contribution >= 0.6 is 0 Å². The second-order valence-corrected chi connectivity index (χ2v) is 25.2. The molecular weight excluding hydrogens is 1180 g/mol. The number of methoxy groups -OCH3 is 2. The van der Waals surface area contributed by atoms with Crippen molar-refractivity contribution < 1.29 is 76.7 Å². The Morgan fingerprint density at radius 3 is 2.00 bits per heavy atom. The van der Waals surface area contributed by atoms with Gasteiger partial charge < -0.3 is 64.2 Å². The molecule has 4 N–H and O–H groups in total. The van der Waals surface area contributed by atoms with Crippen LogP contribution in [0.5, 0.6) is 0 Å². The van der Waals surface area contributed by atoms with Gasteiger partial charge >= 0.3 is 0 Å². The molecule has 1 aliphatic carbocycles. The maximum atomic E-state index is 14.9. The van der Waals surface area contributed by atoms with Crippen molar-refractivity contribution in [1.82, 2.24) is 30.2 Å². The average Bonchev–Trinajstić information content (AvgIpc) is 1.65. The summed E-state index contributed by atoms with van der Waals surface area (Å²) in [5, 5.41) is 17.8. The average molecular weight is 1290 g/mol. The summed E-state index contributed by atoms with van der Waals surface area (Å²) in [6, 6.07) is 13.9. The molecule has 23 nitrogen and oxygen atoms in total. The van der Waals surface area contributed by atoms with Crippen molar-refractivity contribution in [3.63, 3.8) is 0 Å². The fourth-order valence-electron chi connectivity index (χ4n) is 13.3. The van der Waals surface area contributed by atoms with Crippen LogP contribution in [0.25, 0.3) is 0 Å². The smallest absolute Gasteiger partial charge is 0.253 e. The number of aliphatic hydroxyl groups is 1. The van der Waals surface area contributed by atoms with Gasteiger partial charge in [0.25, 0.3) is 11.8 Å². The Bertz CT molecular complexity index is 2710. The maximum Gasteiger partial charge on any atom is 0.253 e. The van der Waals surface area contributed by atoms with Gasteiger partial charge in [0.15, 0.2) is 0 Å². The lowest BCUT2D eigenvalue weighted by Crippen LogP contribution is -2.60. The molecule has 3 aliphatic heterocycles. The zero-order chi connectivity index (χ0) is 66.7. The van der Waals surface area contributed by atoms with Crippen molar-refractivity contribution >= 4 is 58.7 Å². The highest BCUT2D eigenvalue weighted by molar-refractivity contribution is 6.12. The fourth-order valence-corrected chi connectivity index (χ4v) is 13.3. The number of ketones is 1. The number of rotatable bonds is 43. The minimum atomic E-state index is -0.942. The Labute approximate surface area is 543 Å². The van der Waals surface area contributed by atoms with Gasteiger partial charge in [-0.05, 0) is 92.4 Å². The molecule has 3 fully saturated rings. The van der Waals surface area contributed by atoms with Crippen LogP contribution < -0.4 is 16.0 Å². The number of likely N-dealkylation sites (tertiary alicyclic amines) is 2. The molecule has 0 spiro atoms. The second-order valence-electron chi connectivity index (χ2n) is 25.2. The van der Waals surface area contributed by atoms with E-state index in [1.165, 1.54) is 31.3 Å². The molecule has 23 heteroatoms. The SMILES string of the molecule is CC[C@H](C)[C@@H]([C@@H](CC(=O)N1CCC[C@H]1[C@H](OC)[C@@H](C)C(=O)C[C@@H](Cc1ccccc1)C(=O)Nc1ccc(CNC(=O)CCCCCN2C(=O)C=CC2=O)cc1)OC)N(C)C(=O)[C@@H](NC(=O)[C@@H]1[C@H]2CC[C@@H](C2)N1C(=O)CCOCCOCCOCCOCCO)C(C)C. The molecule has 2 saturated heterocycles. The number of amides is 8. The van der Waals surface area contributed by atoms with E-state index in [1.54, 1.807) is 40.8 Å². The van der Waals surface area contributed by atoms with E-state index in [9.17, 15) is 43.2 Å². The molecule has 92 heavy (non-hydrogen) atoms. The lowest BCUT2D eigenvalue weighted by molar-refractivity contribution is -0.149. The summed E-state index contributed by atoms with van der Waals surface area (Å²) >= 11 is 0. The number of unbranched alkanes of at least 4 members (excludes halogenated alkanes) is 2. The summed E-state index contributed by atoms with van der Waals surface area (Å²) in [6.45, 7) is 13.1. The highest BCUT2D eigenvalue weighted by atomic mass is 16.6. The molecule has 1 saturated carbocycles. The lowest BCUT2D eigenvalue weighted by atomic mass is 9.85. The van der Waals surface area contributed by atoms with E-state index < -0.39 is 48.2 Å². The third kappa shape index (κ3) is 21.8. The van der Waals surface area contributed by atoms with Crippen LogP contribution in [0.2, 0.25) is 0 Å². The summed E-state index contributed by atoms with van der Waals surface area (Å²) in [4.78, 5) is 129. The van der Waals surface area contributed by atoms with Gasteiger partial charge in [-0.3, -0.25) is 48.1 Å². The molecule has 2 bridgehead atoms. The Morgan fingerprint density at radius 1 is 0.728 bits per heavy atom. The van der Waals surface area contributed by atoms with Crippen LogP contribution in [-0.4, -0.2) is 214 Å². The predicted octanol–water partition coefficient (Wildman–Crippen LogP) is 5.43. The summed E-state index contributed by atoms with van der Waals surface area (Å²) in [6.07, 6.45) is 7.74. The molecule has 11 atom stereocenters. The van der Waals surface area contributed by atoms with Crippen LogP contribution in [0.4, 0.5) is 5.69 Å². The number of nitrogens with zero attached hydrogens (tertiary/aromatic N) is 4. The number of aliphatic hydroxyl groups excluding tert-OH is 1. The predicted molar refractivity (Wildman–Crippen MR) is 344 cm³/mol. The van der Waals surface area contributed by atoms with Gasteiger partial charge in [-0.2, -0.15) is 0 Å². The maximum absolute atomic E-state index is 14.9. The van der Waals surface area contributed by atoms with Crippen molar-refractivity contribution in [1.29, 1.82) is 0 Å². The quantitative estimate of drug-likeness (QED) is 0.0476. The minimum absolute atomic E-state index is 0.0351. The van der Waals surface area contributed by atoms with Crippen molar-refractivity contribution in [2.24, 2.45) is 29.6 Å². The Balaban J connectivity index is 1.02. The van der Waals surface area contributed by atoms with Gasteiger partial charge in [0.1, 0.15) is 17.9 Å². The van der Waals surface area contributed by atoms with Gasteiger partial charge in [-0.1, -0.05) is 89.9 Å². The van der Waals surface area contributed by atoms with Crippen LogP contribution in [-0.2, 0) is 84.5 Å². The van der Waals surface area contributed by atoms with E-state index in [0.717, 1.165) is 24.0 Å². The van der Waals surface area contributed by atoms with Crippen LogP contribution in [0.3, 0.4) is 0 Å². The standard InChI is InChI=1S/C69H103N7O16/c1-9-47(4)64(73(6)69(86)63(46(2)3)72-68(85)65-51-23-26-54(42-51)76(65)61(82)29-33-89-35-37-91-39-40-92-38-36-90-34-32-77)57(87-7)44-62(83)74-31-16-19-55(74)66(88-8)48(5)56(78)43-52(41-49-17-12-10-13-18-49)67(84)71-53-24-21-50(22-25-53)45-70-58(79)20-14-11-15-30-75-59(80)27-28-60(75)81/h10,12-13,17-18,21-22,24-25,27-28,46-48,51-52,54-55,57,63-66,77H,9,11,14-16,19-20,23,26,29-45H2,1-8H3,(H,70,79)(H,71,84)(H,72,85)/t47-,48-,51-,52+,54-,55-,57+,63-,64-,65-,66+/m0/s1. The van der Waals surface area contributed by atoms with E-state index in [0.29, 0.717) is 110 Å². The van der Waals surface area contributed by atoms with E-state index in [-0.39, 0.29) is 129 Å². The Hall–Kier alpha value is -6.47. The number of imide groups is 1. The molecule has 4 aliphatic rings. The number of fused-ring (bicyclic) bond motifs is 2. The van der Waals surface area contributed by atoms with E-state index >= 15 is 0 Å². The number of hydrogen-bond donors (Lipinski definition) is 4. The topological polar surface area (TPSA) is 278 Å². The first-order chi connectivity index (χ1) is 44.3. The Kier molecular flexibility index (Phi) is 31.3. The second kappa shape index (κ2) is 38.7. The summed E-state index contributed by atoms with van der Waals surface area (Å²) < 4.78 is 34.2. The van der Waals surface area contributed by atoms with Gasteiger partial charge in [-0.15, -0.1) is 0 Å². The number of hydrogen-bond acceptors (Lipinski definition) is 16.